The van der Waals surface area contributed by atoms with E-state index in [2.05, 4.69) is 4.79 Å². The third-order valence-electron chi connectivity index (χ3n) is 4.34. The van der Waals surface area contributed by atoms with Crippen LogP contribution in [0.4, 0.5) is 0 Å². The van der Waals surface area contributed by atoms with Gasteiger partial charge in [-0.1, -0.05) is 30.3 Å². The van der Waals surface area contributed by atoms with Crippen LogP contribution in [-0.4, -0.2) is 59.3 Å². The van der Waals surface area contributed by atoms with Crippen LogP contribution in [0, 0.1) is 0 Å². The Bertz CT molecular complexity index is 789. The summed E-state index contributed by atoms with van der Waals surface area (Å²) in [4.78, 5) is 27.5. The fourth-order valence-electron chi connectivity index (χ4n) is 3.16. The van der Waals surface area contributed by atoms with Gasteiger partial charge in [-0.15, -0.1) is 0 Å². The maximum Gasteiger partial charge on any atom is 0.444 e. The molecule has 1 aromatic carbocycles. The number of carbonyl (C=O) groups is 2. The SMILES string of the molecule is CCOC(=O)C(=[N+]=[N-])C(=O)[C@H]1O[C@@H]2OC(C)(C)O[C@@H]2[C@@H]1OCc1ccccc1. The number of ketones is 1. The first-order valence-electron chi connectivity index (χ1n) is 8.96. The van der Waals surface area contributed by atoms with Crippen molar-refractivity contribution in [2.75, 3.05) is 6.61 Å². The van der Waals surface area contributed by atoms with Crippen LogP contribution in [0.3, 0.4) is 0 Å². The summed E-state index contributed by atoms with van der Waals surface area (Å²) in [6, 6.07) is 9.36. The highest BCUT2D eigenvalue weighted by atomic mass is 16.8. The summed E-state index contributed by atoms with van der Waals surface area (Å²) >= 11 is 0. The van der Waals surface area contributed by atoms with Gasteiger partial charge in [0.15, 0.2) is 18.2 Å². The number of fused-ring (bicyclic) bond motifs is 1. The number of rotatable bonds is 7. The molecule has 4 atom stereocenters. The molecule has 150 valence electrons. The molecule has 2 aliphatic rings. The number of ether oxygens (including phenoxy) is 5. The smallest absolute Gasteiger partial charge is 0.444 e. The van der Waals surface area contributed by atoms with Crippen molar-refractivity contribution in [1.29, 1.82) is 0 Å². The Balaban J connectivity index is 1.81. The molecule has 0 amide bonds. The average molecular weight is 390 g/mol. The largest absolute Gasteiger partial charge is 0.457 e. The fraction of sp³-hybridized carbons (Fsp3) is 0.526. The van der Waals surface area contributed by atoms with Crippen LogP contribution in [0.15, 0.2) is 30.3 Å². The zero-order valence-electron chi connectivity index (χ0n) is 15.9. The summed E-state index contributed by atoms with van der Waals surface area (Å²) in [6.07, 6.45) is -3.66. The third-order valence-corrected chi connectivity index (χ3v) is 4.34. The molecule has 0 saturated carbocycles. The van der Waals surface area contributed by atoms with Crippen LogP contribution in [0.25, 0.3) is 5.53 Å². The van der Waals surface area contributed by atoms with Gasteiger partial charge in [0, 0.05) is 0 Å². The highest BCUT2D eigenvalue weighted by Gasteiger charge is 2.59. The predicted molar refractivity (Wildman–Crippen MR) is 94.0 cm³/mol. The molecule has 2 saturated heterocycles. The molecule has 0 spiro atoms. The van der Waals surface area contributed by atoms with Crippen molar-refractivity contribution in [3.63, 3.8) is 0 Å². The molecule has 9 heteroatoms. The first kappa shape index (κ1) is 20.3. The number of nitrogens with zero attached hydrogens (tertiary/aromatic N) is 2. The quantitative estimate of drug-likeness (QED) is 0.226. The molecule has 0 aliphatic carbocycles. The molecule has 2 aliphatic heterocycles. The summed E-state index contributed by atoms with van der Waals surface area (Å²) in [5.74, 6) is -2.81. The van der Waals surface area contributed by atoms with Crippen molar-refractivity contribution >= 4 is 17.5 Å². The van der Waals surface area contributed by atoms with Gasteiger partial charge in [-0.25, -0.2) is 4.79 Å². The van der Waals surface area contributed by atoms with E-state index in [9.17, 15) is 9.59 Å². The zero-order valence-corrected chi connectivity index (χ0v) is 15.9. The van der Waals surface area contributed by atoms with E-state index in [1.807, 2.05) is 30.3 Å². The Morgan fingerprint density at radius 2 is 1.93 bits per heavy atom. The standard InChI is InChI=1S/C19H22N2O7/c1-4-24-17(23)12(21-20)13(22)14-15(25-10-11-8-6-5-7-9-11)16-18(26-14)28-19(2,3)27-16/h5-9,14-16,18H,4,10H2,1-3H3/t14-,15-,16-,18-/m1/s1. The van der Waals surface area contributed by atoms with Crippen molar-refractivity contribution in [2.24, 2.45) is 0 Å². The van der Waals surface area contributed by atoms with Crippen molar-refractivity contribution in [3.05, 3.63) is 41.4 Å². The Kier molecular flexibility index (Phi) is 6.02. The Labute approximate surface area is 162 Å². The van der Waals surface area contributed by atoms with E-state index in [1.54, 1.807) is 20.8 Å². The molecular weight excluding hydrogens is 368 g/mol. The van der Waals surface area contributed by atoms with Crippen molar-refractivity contribution in [3.8, 4) is 0 Å². The number of carbonyl (C=O) groups excluding carboxylic acids is 2. The zero-order chi connectivity index (χ0) is 20.3. The first-order valence-corrected chi connectivity index (χ1v) is 8.96. The minimum absolute atomic E-state index is 0.0241. The number of benzene rings is 1. The minimum atomic E-state index is -1.25. The van der Waals surface area contributed by atoms with Gasteiger partial charge in [0.25, 0.3) is 5.78 Å². The molecule has 9 nitrogen and oxygen atoms in total. The van der Waals surface area contributed by atoms with E-state index in [-0.39, 0.29) is 13.2 Å². The van der Waals surface area contributed by atoms with Gasteiger partial charge in [-0.2, -0.15) is 4.79 Å². The third kappa shape index (κ3) is 4.19. The second kappa shape index (κ2) is 8.30. The second-order valence-corrected chi connectivity index (χ2v) is 6.82. The van der Waals surface area contributed by atoms with Gasteiger partial charge in [-0.3, -0.25) is 4.79 Å². The highest BCUT2D eigenvalue weighted by Crippen LogP contribution is 2.39. The summed E-state index contributed by atoms with van der Waals surface area (Å²) in [6.45, 7) is 5.23. The van der Waals surface area contributed by atoms with Crippen LogP contribution in [0.5, 0.6) is 0 Å². The summed E-state index contributed by atoms with van der Waals surface area (Å²) < 4.78 is 27.9. The lowest BCUT2D eigenvalue weighted by atomic mass is 10.0. The van der Waals surface area contributed by atoms with Gasteiger partial charge in [0.2, 0.25) is 0 Å². The van der Waals surface area contributed by atoms with E-state index in [1.165, 1.54) is 0 Å². The molecule has 2 fully saturated rings. The summed E-state index contributed by atoms with van der Waals surface area (Å²) in [7, 11) is 0. The molecule has 2 heterocycles. The van der Waals surface area contributed by atoms with Crippen LogP contribution >= 0.6 is 0 Å². The summed E-state index contributed by atoms with van der Waals surface area (Å²) in [5.41, 5.74) is 9.26. The van der Waals surface area contributed by atoms with Gasteiger partial charge in [0.1, 0.15) is 12.2 Å². The molecule has 1 aromatic rings. The van der Waals surface area contributed by atoms with Crippen molar-refractivity contribution in [2.45, 2.75) is 57.8 Å². The highest BCUT2D eigenvalue weighted by molar-refractivity contribution is 6.63. The maximum atomic E-state index is 12.8. The minimum Gasteiger partial charge on any atom is -0.457 e. The second-order valence-electron chi connectivity index (χ2n) is 6.82. The monoisotopic (exact) mass is 390 g/mol. The maximum absolute atomic E-state index is 12.8. The fourth-order valence-corrected chi connectivity index (χ4v) is 3.16. The van der Waals surface area contributed by atoms with Crippen molar-refractivity contribution in [1.82, 2.24) is 0 Å². The van der Waals surface area contributed by atoms with Gasteiger partial charge in [0.05, 0.1) is 13.2 Å². The lowest BCUT2D eigenvalue weighted by Crippen LogP contribution is -2.45. The molecule has 3 rings (SSSR count). The Morgan fingerprint density at radius 3 is 2.57 bits per heavy atom. The Hall–Kier alpha value is -2.42. The van der Waals surface area contributed by atoms with E-state index in [0.29, 0.717) is 0 Å². The molecule has 28 heavy (non-hydrogen) atoms. The van der Waals surface area contributed by atoms with E-state index >= 15 is 0 Å². The van der Waals surface area contributed by atoms with Gasteiger partial charge < -0.3 is 29.2 Å². The number of Topliss-reactive ketones (excluding diaryl/α,β-unsaturated/α-hetero) is 1. The average Bonchev–Trinajstić information content (AvgIpc) is 3.13. The van der Waals surface area contributed by atoms with Crippen LogP contribution in [-0.2, 0) is 39.9 Å². The molecular formula is C19H22N2O7. The van der Waals surface area contributed by atoms with E-state index < -0.39 is 47.9 Å². The molecule has 0 N–H and O–H groups in total. The van der Waals surface area contributed by atoms with E-state index in [4.69, 9.17) is 29.2 Å². The topological polar surface area (TPSA) is 117 Å². The predicted octanol–water partition coefficient (Wildman–Crippen LogP) is 1.25. The van der Waals surface area contributed by atoms with E-state index in [0.717, 1.165) is 5.56 Å². The van der Waals surface area contributed by atoms with Crippen molar-refractivity contribution < 1.29 is 38.1 Å². The first-order chi connectivity index (χ1) is 13.4. The molecule has 0 unspecified atom stereocenters. The summed E-state index contributed by atoms with van der Waals surface area (Å²) in [5, 5.41) is 0. The van der Waals surface area contributed by atoms with Crippen LogP contribution in [0.2, 0.25) is 0 Å². The number of esters is 1. The van der Waals surface area contributed by atoms with Crippen LogP contribution in [0.1, 0.15) is 26.3 Å². The number of hydrogen-bond acceptors (Lipinski definition) is 7. The molecule has 0 radical (unpaired) electrons. The lowest BCUT2D eigenvalue weighted by Gasteiger charge is -2.24. The Morgan fingerprint density at radius 1 is 1.21 bits per heavy atom. The molecule has 0 bridgehead atoms. The van der Waals surface area contributed by atoms with Gasteiger partial charge >= 0.3 is 11.7 Å². The normalized spacial score (nSPS) is 27.7. The molecule has 0 aromatic heterocycles. The van der Waals surface area contributed by atoms with Crippen LogP contribution < -0.4 is 0 Å². The lowest BCUT2D eigenvalue weighted by molar-refractivity contribution is -0.217. The van der Waals surface area contributed by atoms with Gasteiger partial charge in [-0.05, 0) is 26.3 Å². The number of hydrogen-bond donors (Lipinski definition) is 0.